The zero-order valence-electron chi connectivity index (χ0n) is 31.8. The summed E-state index contributed by atoms with van der Waals surface area (Å²) in [5.74, 6) is 0. The van der Waals surface area contributed by atoms with Gasteiger partial charge in [0.05, 0.1) is 11.3 Å². The Morgan fingerprint density at radius 1 is 0.611 bits per heavy atom. The molecule has 0 unspecified atom stereocenters. The van der Waals surface area contributed by atoms with Crippen LogP contribution in [0.3, 0.4) is 0 Å². The summed E-state index contributed by atoms with van der Waals surface area (Å²) in [6.07, 6.45) is 3.27. The van der Waals surface area contributed by atoms with Crippen LogP contribution in [-0.4, -0.2) is 13.3 Å². The third-order valence-electron chi connectivity index (χ3n) is 13.0. The lowest BCUT2D eigenvalue weighted by Crippen LogP contribution is -2.61. The first kappa shape index (κ1) is 31.8. The van der Waals surface area contributed by atoms with Crippen LogP contribution in [0.2, 0.25) is 0 Å². The molecule has 1 aromatic heterocycles. The molecule has 11 rings (SSSR count). The van der Waals surface area contributed by atoms with Crippen molar-refractivity contribution in [2.24, 2.45) is 0 Å². The highest BCUT2D eigenvalue weighted by atomic mass is 16.3. The van der Waals surface area contributed by atoms with Crippen molar-refractivity contribution in [3.8, 4) is 0 Å². The van der Waals surface area contributed by atoms with E-state index in [1.807, 2.05) is 0 Å². The van der Waals surface area contributed by atoms with Crippen LogP contribution in [0.4, 0.5) is 45.5 Å². The van der Waals surface area contributed by atoms with Gasteiger partial charge in [-0.2, -0.15) is 0 Å². The van der Waals surface area contributed by atoms with Gasteiger partial charge in [0.15, 0.2) is 0 Å². The molecular formula is C49H44BN3O. The zero-order valence-corrected chi connectivity index (χ0v) is 31.8. The average Bonchev–Trinajstić information content (AvgIpc) is 3.80. The van der Waals surface area contributed by atoms with Crippen molar-refractivity contribution in [2.75, 3.05) is 21.2 Å². The smallest absolute Gasteiger partial charge is 0.297 e. The van der Waals surface area contributed by atoms with Gasteiger partial charge in [-0.15, -0.1) is 0 Å². The fourth-order valence-electron chi connectivity index (χ4n) is 10.4. The van der Waals surface area contributed by atoms with Crippen molar-refractivity contribution >= 4 is 79.8 Å². The minimum Gasteiger partial charge on any atom is -0.468 e. The van der Waals surface area contributed by atoms with E-state index in [1.54, 1.807) is 0 Å². The predicted octanol–water partition coefficient (Wildman–Crippen LogP) is 10.9. The Hall–Kier alpha value is -5.68. The number of furan rings is 1. The van der Waals surface area contributed by atoms with E-state index in [1.165, 1.54) is 84.8 Å². The van der Waals surface area contributed by atoms with E-state index >= 15 is 0 Å². The third-order valence-corrected chi connectivity index (χ3v) is 13.0. The molecule has 0 fully saturated rings. The molecule has 0 bridgehead atoms. The predicted molar refractivity (Wildman–Crippen MR) is 227 cm³/mol. The van der Waals surface area contributed by atoms with Crippen LogP contribution in [0.1, 0.15) is 62.8 Å². The fraction of sp³-hybridized carbons (Fsp3) is 0.224. The number of fused-ring (bicyclic) bond motifs is 10. The van der Waals surface area contributed by atoms with Crippen LogP contribution in [0.5, 0.6) is 0 Å². The minimum atomic E-state index is -0.0700. The maximum absolute atomic E-state index is 7.59. The SMILES string of the molecule is Cc1cc2c3c(c1)N(c1ccccc1)c1c(oc4c5c(ccc14)C(C)(C)CCC5(C)C)B3c1ccc3c(c1N2c1ccccc1)CCN3c1ccccc1. The topological polar surface area (TPSA) is 22.9 Å². The number of hydrogen-bond donors (Lipinski definition) is 0. The molecule has 4 heterocycles. The first-order valence-corrected chi connectivity index (χ1v) is 19.6. The first-order valence-electron chi connectivity index (χ1n) is 19.6. The van der Waals surface area contributed by atoms with Gasteiger partial charge < -0.3 is 19.1 Å². The van der Waals surface area contributed by atoms with E-state index < -0.39 is 0 Å². The standard InChI is InChI=1S/C49H44BN3O/c1-31-29-40-43-41(30-31)53(34-19-13-8-14-20-34)45-36-21-22-37-42(49(4,5)27-26-48(37,2)3)46(36)54-47(45)50(43)38-23-24-39-35(25-28-51(39)32-15-9-6-10-16-32)44(38)52(40)33-17-11-7-12-18-33/h6-24,29-30H,25-28H2,1-5H3. The number of benzene rings is 6. The maximum Gasteiger partial charge on any atom is 0.297 e. The zero-order chi connectivity index (χ0) is 36.5. The summed E-state index contributed by atoms with van der Waals surface area (Å²) in [6.45, 7) is 12.8. The van der Waals surface area contributed by atoms with E-state index in [4.69, 9.17) is 4.42 Å². The summed E-state index contributed by atoms with van der Waals surface area (Å²) in [4.78, 5) is 7.57. The second-order valence-corrected chi connectivity index (χ2v) is 17.2. The molecule has 7 aromatic rings. The normalized spacial score (nSPS) is 17.2. The molecule has 0 amide bonds. The van der Waals surface area contributed by atoms with Crippen LogP contribution in [0.25, 0.3) is 11.0 Å². The Kier molecular flexibility index (Phi) is 6.58. The quantitative estimate of drug-likeness (QED) is 0.171. The Balaban J connectivity index is 1.26. The Morgan fingerprint density at radius 3 is 1.85 bits per heavy atom. The largest absolute Gasteiger partial charge is 0.468 e. The molecule has 0 N–H and O–H groups in total. The van der Waals surface area contributed by atoms with Crippen molar-refractivity contribution in [2.45, 2.75) is 64.7 Å². The van der Waals surface area contributed by atoms with Crippen molar-refractivity contribution in [1.82, 2.24) is 0 Å². The Bertz CT molecular complexity index is 2640. The summed E-state index contributed by atoms with van der Waals surface area (Å²) in [6, 6.07) is 47.2. The molecule has 6 aromatic carbocycles. The number of aryl methyl sites for hydroxylation is 1. The second kappa shape index (κ2) is 11.2. The number of rotatable bonds is 3. The highest BCUT2D eigenvalue weighted by molar-refractivity contribution is 7.00. The molecule has 0 atom stereocenters. The van der Waals surface area contributed by atoms with Crippen LogP contribution in [0, 0.1) is 6.92 Å². The van der Waals surface area contributed by atoms with Crippen molar-refractivity contribution in [1.29, 1.82) is 0 Å². The molecule has 4 nitrogen and oxygen atoms in total. The maximum atomic E-state index is 7.59. The van der Waals surface area contributed by atoms with Gasteiger partial charge in [-0.25, -0.2) is 0 Å². The molecule has 264 valence electrons. The molecule has 54 heavy (non-hydrogen) atoms. The van der Waals surface area contributed by atoms with Gasteiger partial charge in [-0.3, -0.25) is 0 Å². The molecule has 0 radical (unpaired) electrons. The molecule has 0 saturated heterocycles. The molecule has 0 saturated carbocycles. The number of hydrogen-bond acceptors (Lipinski definition) is 4. The minimum absolute atomic E-state index is 0.00666. The van der Waals surface area contributed by atoms with E-state index in [0.717, 1.165) is 36.3 Å². The fourth-order valence-corrected chi connectivity index (χ4v) is 10.4. The average molecular weight is 702 g/mol. The van der Waals surface area contributed by atoms with Gasteiger partial charge in [0.1, 0.15) is 5.58 Å². The monoisotopic (exact) mass is 701 g/mol. The van der Waals surface area contributed by atoms with E-state index in [-0.39, 0.29) is 17.5 Å². The molecule has 1 aliphatic carbocycles. The lowest BCUT2D eigenvalue weighted by atomic mass is 9.35. The highest BCUT2D eigenvalue weighted by Gasteiger charge is 2.49. The van der Waals surface area contributed by atoms with Crippen molar-refractivity contribution in [3.63, 3.8) is 0 Å². The highest BCUT2D eigenvalue weighted by Crippen LogP contribution is 2.53. The molecule has 5 heteroatoms. The van der Waals surface area contributed by atoms with Gasteiger partial charge in [0.2, 0.25) is 0 Å². The molecule has 3 aliphatic heterocycles. The van der Waals surface area contributed by atoms with Gasteiger partial charge in [0.25, 0.3) is 6.71 Å². The second-order valence-electron chi connectivity index (χ2n) is 17.2. The Labute approximate surface area is 318 Å². The summed E-state index contributed by atoms with van der Waals surface area (Å²) in [5, 5.41) is 1.20. The van der Waals surface area contributed by atoms with E-state index in [9.17, 15) is 0 Å². The Morgan fingerprint density at radius 2 is 1.20 bits per heavy atom. The lowest BCUT2D eigenvalue weighted by molar-refractivity contribution is 0.331. The van der Waals surface area contributed by atoms with Gasteiger partial charge in [-0.1, -0.05) is 94.4 Å². The molecular weight excluding hydrogens is 657 g/mol. The summed E-state index contributed by atoms with van der Waals surface area (Å²) in [7, 11) is 0. The summed E-state index contributed by atoms with van der Waals surface area (Å²) < 4.78 is 7.59. The van der Waals surface area contributed by atoms with E-state index in [2.05, 4.69) is 177 Å². The van der Waals surface area contributed by atoms with Crippen molar-refractivity contribution < 1.29 is 4.42 Å². The van der Waals surface area contributed by atoms with Gasteiger partial charge in [0, 0.05) is 62.9 Å². The van der Waals surface area contributed by atoms with Crippen LogP contribution < -0.4 is 31.3 Å². The number of anilines is 8. The summed E-state index contributed by atoms with van der Waals surface area (Å²) in [5.41, 5.74) is 20.0. The van der Waals surface area contributed by atoms with Crippen LogP contribution in [-0.2, 0) is 17.3 Å². The number of para-hydroxylation sites is 3. The number of nitrogens with zero attached hydrogens (tertiary/aromatic N) is 3. The van der Waals surface area contributed by atoms with Crippen LogP contribution >= 0.6 is 0 Å². The van der Waals surface area contributed by atoms with Gasteiger partial charge in [-0.05, 0) is 120 Å². The molecule has 4 aliphatic rings. The van der Waals surface area contributed by atoms with E-state index in [0.29, 0.717) is 0 Å². The van der Waals surface area contributed by atoms with Crippen molar-refractivity contribution in [3.05, 3.63) is 150 Å². The van der Waals surface area contributed by atoms with Gasteiger partial charge >= 0.3 is 0 Å². The molecule has 0 spiro atoms. The third kappa shape index (κ3) is 4.33. The van der Waals surface area contributed by atoms with Crippen LogP contribution in [0.15, 0.2) is 132 Å². The first-order chi connectivity index (χ1) is 26.2. The summed E-state index contributed by atoms with van der Waals surface area (Å²) >= 11 is 0. The lowest BCUT2D eigenvalue weighted by Gasteiger charge is -2.43.